The highest BCUT2D eigenvalue weighted by atomic mass is 16.6. The molecule has 0 aliphatic rings. The van der Waals surface area contributed by atoms with Crippen LogP contribution in [0.4, 0.5) is 0 Å². The van der Waals surface area contributed by atoms with Gasteiger partial charge in [0.25, 0.3) is 0 Å². The molecule has 0 radical (unpaired) electrons. The van der Waals surface area contributed by atoms with Crippen molar-refractivity contribution >= 4 is 17.9 Å². The number of carbonyl (C=O) groups excluding carboxylic acids is 3. The van der Waals surface area contributed by atoms with E-state index in [1.165, 1.54) is 83.5 Å². The molecule has 0 amide bonds. The molecule has 0 spiro atoms. The summed E-state index contributed by atoms with van der Waals surface area (Å²) in [5, 5.41) is 0. The number of unbranched alkanes of at least 4 members (excludes halogenated alkanes) is 18. The molecule has 416 valence electrons. The second kappa shape index (κ2) is 60.8. The lowest BCUT2D eigenvalue weighted by Crippen LogP contribution is -2.30. The second-order valence-electron chi connectivity index (χ2n) is 19.2. The molecule has 0 aliphatic heterocycles. The van der Waals surface area contributed by atoms with Crippen LogP contribution in [-0.2, 0) is 28.6 Å². The zero-order valence-electron chi connectivity index (χ0n) is 47.5. The van der Waals surface area contributed by atoms with Gasteiger partial charge in [-0.2, -0.15) is 0 Å². The van der Waals surface area contributed by atoms with E-state index in [1.807, 2.05) is 6.08 Å². The Hall–Kier alpha value is -4.71. The van der Waals surface area contributed by atoms with Gasteiger partial charge in [0.05, 0.1) is 6.42 Å². The zero-order chi connectivity index (χ0) is 53.6. The number of hydrogen-bond acceptors (Lipinski definition) is 6. The summed E-state index contributed by atoms with van der Waals surface area (Å²) in [6, 6.07) is 0. The van der Waals surface area contributed by atoms with Crippen LogP contribution in [0.1, 0.15) is 245 Å². The van der Waals surface area contributed by atoms with Crippen molar-refractivity contribution in [3.05, 3.63) is 146 Å². The Morgan fingerprint density at radius 3 is 0.892 bits per heavy atom. The van der Waals surface area contributed by atoms with E-state index < -0.39 is 12.1 Å². The summed E-state index contributed by atoms with van der Waals surface area (Å²) < 4.78 is 16.7. The Balaban J connectivity index is 4.30. The first-order chi connectivity index (χ1) is 36.5. The van der Waals surface area contributed by atoms with Crippen LogP contribution in [0.2, 0.25) is 0 Å². The quantitative estimate of drug-likeness (QED) is 0.0261. The maximum Gasteiger partial charge on any atom is 0.310 e. The van der Waals surface area contributed by atoms with Gasteiger partial charge in [-0.25, -0.2) is 0 Å². The lowest BCUT2D eigenvalue weighted by atomic mass is 10.1. The van der Waals surface area contributed by atoms with Crippen LogP contribution < -0.4 is 0 Å². The first kappa shape index (κ1) is 69.3. The average molecular weight is 1020 g/mol. The number of esters is 3. The predicted octanol–water partition coefficient (Wildman–Crippen LogP) is 20.4. The molecular weight excluding hydrogens is 913 g/mol. The van der Waals surface area contributed by atoms with Gasteiger partial charge in [0, 0.05) is 12.8 Å². The van der Waals surface area contributed by atoms with E-state index in [4.69, 9.17) is 14.2 Å². The van der Waals surface area contributed by atoms with Gasteiger partial charge in [-0.1, -0.05) is 269 Å². The third-order valence-corrected chi connectivity index (χ3v) is 12.1. The van der Waals surface area contributed by atoms with Gasteiger partial charge < -0.3 is 14.2 Å². The van der Waals surface area contributed by atoms with Gasteiger partial charge in [-0.05, 0) is 103 Å². The monoisotopic (exact) mass is 1020 g/mol. The highest BCUT2D eigenvalue weighted by Crippen LogP contribution is 2.14. The van der Waals surface area contributed by atoms with E-state index in [0.29, 0.717) is 19.3 Å². The molecule has 0 saturated carbocycles. The Kier molecular flexibility index (Phi) is 57.0. The van der Waals surface area contributed by atoms with Crippen molar-refractivity contribution in [2.75, 3.05) is 13.2 Å². The maximum atomic E-state index is 12.8. The average Bonchev–Trinajstić information content (AvgIpc) is 3.40. The molecule has 6 heteroatoms. The summed E-state index contributed by atoms with van der Waals surface area (Å²) in [4.78, 5) is 38.0. The largest absolute Gasteiger partial charge is 0.462 e. The summed E-state index contributed by atoms with van der Waals surface area (Å²) in [6.07, 6.45) is 87.4. The Bertz CT molecular complexity index is 1640. The molecule has 74 heavy (non-hydrogen) atoms. The van der Waals surface area contributed by atoms with E-state index in [-0.39, 0.29) is 31.6 Å². The fraction of sp³-hybridized carbons (Fsp3) is 0.603. The van der Waals surface area contributed by atoms with Crippen LogP contribution >= 0.6 is 0 Å². The summed E-state index contributed by atoms with van der Waals surface area (Å²) in [6.45, 7) is 6.30. The van der Waals surface area contributed by atoms with Crippen LogP contribution in [0, 0.1) is 0 Å². The van der Waals surface area contributed by atoms with E-state index >= 15 is 0 Å². The molecule has 0 aliphatic carbocycles. The van der Waals surface area contributed by atoms with Gasteiger partial charge in [-0.3, -0.25) is 14.4 Å². The first-order valence-corrected chi connectivity index (χ1v) is 29.8. The number of hydrogen-bond donors (Lipinski definition) is 0. The van der Waals surface area contributed by atoms with Gasteiger partial charge >= 0.3 is 17.9 Å². The Morgan fingerprint density at radius 2 is 0.568 bits per heavy atom. The molecule has 0 fully saturated rings. The third-order valence-electron chi connectivity index (χ3n) is 12.1. The SMILES string of the molecule is CC/C=C\C/C=C\C/C=C\C/C=C\C/C=C\C/C=C\C/C=C\CCCCCCCCCCCC(=O)OCC(COC(=O)CCCCCCCCCCCC)OC(=O)C/C=C\C/C=C\C/C=C\C/C=C\C/C=C\CC. The zero-order valence-corrected chi connectivity index (χ0v) is 47.5. The summed E-state index contributed by atoms with van der Waals surface area (Å²) in [7, 11) is 0. The Labute approximate surface area is 455 Å². The molecule has 0 rings (SSSR count). The lowest BCUT2D eigenvalue weighted by Gasteiger charge is -2.18. The topological polar surface area (TPSA) is 78.9 Å². The highest BCUT2D eigenvalue weighted by Gasteiger charge is 2.19. The minimum absolute atomic E-state index is 0.0914. The van der Waals surface area contributed by atoms with Gasteiger partial charge in [-0.15, -0.1) is 0 Å². The van der Waals surface area contributed by atoms with E-state index in [9.17, 15) is 14.4 Å². The molecule has 6 nitrogen and oxygen atoms in total. The number of rotatable bonds is 52. The van der Waals surface area contributed by atoms with E-state index in [1.54, 1.807) is 6.08 Å². The van der Waals surface area contributed by atoms with Crippen molar-refractivity contribution in [1.29, 1.82) is 0 Å². The minimum atomic E-state index is -0.838. The van der Waals surface area contributed by atoms with Crippen LogP contribution in [0.25, 0.3) is 0 Å². The summed E-state index contributed by atoms with van der Waals surface area (Å²) >= 11 is 0. The van der Waals surface area contributed by atoms with Crippen LogP contribution in [-0.4, -0.2) is 37.2 Å². The predicted molar refractivity (Wildman–Crippen MR) is 320 cm³/mol. The normalized spacial score (nSPS) is 13.2. The van der Waals surface area contributed by atoms with Crippen molar-refractivity contribution in [2.24, 2.45) is 0 Å². The molecule has 1 atom stereocenters. The number of carbonyl (C=O) groups is 3. The fourth-order valence-electron chi connectivity index (χ4n) is 7.73. The molecular formula is C68H108O6. The third kappa shape index (κ3) is 58.2. The van der Waals surface area contributed by atoms with E-state index in [0.717, 1.165) is 116 Å². The first-order valence-electron chi connectivity index (χ1n) is 29.8. The van der Waals surface area contributed by atoms with Crippen molar-refractivity contribution < 1.29 is 28.6 Å². The minimum Gasteiger partial charge on any atom is -0.462 e. The highest BCUT2D eigenvalue weighted by molar-refractivity contribution is 5.72. The molecule has 1 unspecified atom stereocenters. The lowest BCUT2D eigenvalue weighted by molar-refractivity contribution is -0.166. The van der Waals surface area contributed by atoms with Crippen molar-refractivity contribution in [2.45, 2.75) is 252 Å². The number of allylic oxidation sites excluding steroid dienone is 23. The van der Waals surface area contributed by atoms with Gasteiger partial charge in [0.1, 0.15) is 13.2 Å². The molecule has 0 N–H and O–H groups in total. The number of ether oxygens (including phenoxy) is 3. The molecule has 0 heterocycles. The maximum absolute atomic E-state index is 12.8. The fourth-order valence-corrected chi connectivity index (χ4v) is 7.73. The van der Waals surface area contributed by atoms with Crippen molar-refractivity contribution in [1.82, 2.24) is 0 Å². The van der Waals surface area contributed by atoms with Crippen LogP contribution in [0.5, 0.6) is 0 Å². The van der Waals surface area contributed by atoms with E-state index in [2.05, 4.69) is 154 Å². The standard InChI is InChI=1S/C68H108O6/c1-4-7-10-13-16-19-22-24-26-27-28-29-30-31-32-33-34-35-36-37-38-39-40-41-43-44-46-49-52-55-58-61-67(70)73-64-65(63-72-66(69)60-57-54-51-48-21-18-15-12-9-6-3)74-68(71)62-59-56-53-50-47-45-42-25-23-20-17-14-11-8-5-2/h7-8,10-11,16-17,19-20,24-26,28-29,31-32,34-35,37-38,42,47,50,56,59,65H,4-6,9,12-15,18,21-23,27,30,33,36,39-41,43-46,48-49,51-55,57-58,60-64H2,1-3H3/b10-7-,11-8-,19-16-,20-17-,26-24-,29-28-,32-31-,35-34-,38-37-,42-25-,50-47-,59-56-. The van der Waals surface area contributed by atoms with Gasteiger partial charge in [0.2, 0.25) is 0 Å². The van der Waals surface area contributed by atoms with Crippen molar-refractivity contribution in [3.8, 4) is 0 Å². The molecule has 0 saturated heterocycles. The van der Waals surface area contributed by atoms with Crippen LogP contribution in [0.3, 0.4) is 0 Å². The molecule has 0 aromatic rings. The van der Waals surface area contributed by atoms with Crippen LogP contribution in [0.15, 0.2) is 146 Å². The second-order valence-corrected chi connectivity index (χ2v) is 19.2. The summed E-state index contributed by atoms with van der Waals surface area (Å²) in [5.41, 5.74) is 0. The Morgan fingerprint density at radius 1 is 0.297 bits per heavy atom. The molecule has 0 aromatic heterocycles. The molecule has 0 aromatic carbocycles. The summed E-state index contributed by atoms with van der Waals surface area (Å²) in [5.74, 6) is -1.06. The van der Waals surface area contributed by atoms with Crippen molar-refractivity contribution in [3.63, 3.8) is 0 Å². The van der Waals surface area contributed by atoms with Gasteiger partial charge in [0.15, 0.2) is 6.10 Å². The smallest absolute Gasteiger partial charge is 0.310 e. The molecule has 0 bridgehead atoms.